The van der Waals surface area contributed by atoms with Gasteiger partial charge in [-0.15, -0.1) is 0 Å². The quantitative estimate of drug-likeness (QED) is 0.414. The number of aryl methyl sites for hydroxylation is 3. The van der Waals surface area contributed by atoms with Crippen molar-refractivity contribution in [1.29, 1.82) is 0 Å². The monoisotopic (exact) mass is 468 g/mol. The Labute approximate surface area is 199 Å². The molecule has 0 saturated carbocycles. The van der Waals surface area contributed by atoms with Gasteiger partial charge in [0.05, 0.1) is 0 Å². The van der Waals surface area contributed by atoms with Gasteiger partial charge in [-0.2, -0.15) is 4.98 Å². The minimum Gasteiger partial charge on any atom is -0.490 e. The lowest BCUT2D eigenvalue weighted by molar-refractivity contribution is -0.124. The number of hydrogen-bond donors (Lipinski definition) is 3. The van der Waals surface area contributed by atoms with Crippen LogP contribution in [0.5, 0.6) is 5.75 Å². The first-order valence-corrected chi connectivity index (χ1v) is 11.1. The van der Waals surface area contributed by atoms with Gasteiger partial charge < -0.3 is 29.7 Å². The highest BCUT2D eigenvalue weighted by atomic mass is 16.5. The van der Waals surface area contributed by atoms with Crippen LogP contribution in [0.25, 0.3) is 22.8 Å². The molecular weight excluding hydrogens is 436 g/mol. The van der Waals surface area contributed by atoms with E-state index in [1.807, 2.05) is 46.1 Å². The summed E-state index contributed by atoms with van der Waals surface area (Å²) in [6.45, 7) is 6.12. The molecule has 0 spiro atoms. The molecule has 3 N–H and O–H groups in total. The Morgan fingerprint density at radius 2 is 1.79 bits per heavy atom. The molecule has 1 unspecified atom stereocenters. The van der Waals surface area contributed by atoms with Gasteiger partial charge in [-0.3, -0.25) is 4.79 Å². The van der Waals surface area contributed by atoms with Gasteiger partial charge in [-0.05, 0) is 81.4 Å². The molecule has 0 fully saturated rings. The number of rotatable bonds is 10. The summed E-state index contributed by atoms with van der Waals surface area (Å²) in [5.74, 6) is 1.04. The van der Waals surface area contributed by atoms with Gasteiger partial charge in [0.15, 0.2) is 0 Å². The van der Waals surface area contributed by atoms with E-state index in [0.717, 1.165) is 34.4 Å². The molecule has 3 aromatic rings. The number of amides is 1. The van der Waals surface area contributed by atoms with Gasteiger partial charge in [0.25, 0.3) is 5.89 Å². The van der Waals surface area contributed by atoms with Crippen LogP contribution in [0.4, 0.5) is 0 Å². The third kappa shape index (κ3) is 6.40. The minimum absolute atomic E-state index is 0.00224. The average Bonchev–Trinajstić information content (AvgIpc) is 3.28. The molecular formula is C25H32N4O5. The number of carbonyl (C=O) groups is 1. The standard InChI is InChI=1S/C25H32N4O5/c1-15-8-18(6-7-19(15)12-29(4)5)25-27-24(28-34-25)20-9-16(2)23(17(3)10-20)33-14-21(31)11-26-22(32)13-30/h6-10,21,30-31H,11-14H2,1-5H3,(H,26,32). The molecule has 0 aliphatic heterocycles. The molecule has 0 aliphatic rings. The van der Waals surface area contributed by atoms with Crippen molar-refractivity contribution in [2.24, 2.45) is 0 Å². The van der Waals surface area contributed by atoms with Crippen molar-refractivity contribution in [2.45, 2.75) is 33.4 Å². The van der Waals surface area contributed by atoms with Gasteiger partial charge in [0.1, 0.15) is 25.1 Å². The van der Waals surface area contributed by atoms with Crippen LogP contribution < -0.4 is 10.1 Å². The maximum absolute atomic E-state index is 11.1. The second kappa shape index (κ2) is 11.2. The second-order valence-electron chi connectivity index (χ2n) is 8.67. The van der Waals surface area contributed by atoms with E-state index in [1.165, 1.54) is 5.56 Å². The summed E-state index contributed by atoms with van der Waals surface area (Å²) < 4.78 is 11.3. The predicted octanol–water partition coefficient (Wildman–Crippen LogP) is 2.24. The Morgan fingerprint density at radius 1 is 1.12 bits per heavy atom. The normalized spacial score (nSPS) is 12.1. The number of carbonyl (C=O) groups excluding carboxylic acids is 1. The van der Waals surface area contributed by atoms with Crippen molar-refractivity contribution in [3.63, 3.8) is 0 Å². The summed E-state index contributed by atoms with van der Waals surface area (Å²) in [6.07, 6.45) is -0.902. The van der Waals surface area contributed by atoms with Crippen LogP contribution in [0, 0.1) is 20.8 Å². The molecule has 1 heterocycles. The number of aliphatic hydroxyl groups is 2. The third-order valence-corrected chi connectivity index (χ3v) is 5.32. The molecule has 182 valence electrons. The summed E-state index contributed by atoms with van der Waals surface area (Å²) in [5.41, 5.74) is 5.80. The molecule has 0 aliphatic carbocycles. The fourth-order valence-electron chi connectivity index (χ4n) is 3.64. The summed E-state index contributed by atoms with van der Waals surface area (Å²) in [4.78, 5) is 17.8. The van der Waals surface area contributed by atoms with Crippen LogP contribution in [-0.4, -0.2) is 71.1 Å². The van der Waals surface area contributed by atoms with E-state index in [-0.39, 0.29) is 13.2 Å². The van der Waals surface area contributed by atoms with Crippen molar-refractivity contribution < 1.29 is 24.3 Å². The van der Waals surface area contributed by atoms with Gasteiger partial charge in [-0.25, -0.2) is 0 Å². The lowest BCUT2D eigenvalue weighted by Gasteiger charge is -2.16. The molecule has 1 amide bonds. The maximum Gasteiger partial charge on any atom is 0.258 e. The summed E-state index contributed by atoms with van der Waals surface area (Å²) in [6, 6.07) is 9.94. The number of nitrogens with zero attached hydrogens (tertiary/aromatic N) is 3. The first-order chi connectivity index (χ1) is 16.2. The van der Waals surface area contributed by atoms with Crippen LogP contribution in [0.2, 0.25) is 0 Å². The van der Waals surface area contributed by atoms with E-state index in [1.54, 1.807) is 0 Å². The lowest BCUT2D eigenvalue weighted by atomic mass is 10.0. The average molecular weight is 469 g/mol. The van der Waals surface area contributed by atoms with Gasteiger partial charge in [-0.1, -0.05) is 11.2 Å². The van der Waals surface area contributed by atoms with E-state index in [4.69, 9.17) is 14.4 Å². The van der Waals surface area contributed by atoms with Crippen molar-refractivity contribution in [3.05, 3.63) is 52.6 Å². The number of nitrogens with one attached hydrogen (secondary N) is 1. The first-order valence-electron chi connectivity index (χ1n) is 11.1. The van der Waals surface area contributed by atoms with E-state index >= 15 is 0 Å². The number of aromatic nitrogens is 2. The molecule has 2 aromatic carbocycles. The van der Waals surface area contributed by atoms with Gasteiger partial charge in [0, 0.05) is 24.2 Å². The van der Waals surface area contributed by atoms with Crippen LogP contribution in [0.3, 0.4) is 0 Å². The molecule has 9 heteroatoms. The summed E-state index contributed by atoms with van der Waals surface area (Å²) in [5, 5.41) is 25.3. The molecule has 1 atom stereocenters. The maximum atomic E-state index is 11.1. The van der Waals surface area contributed by atoms with Crippen molar-refractivity contribution in [2.75, 3.05) is 33.9 Å². The zero-order valence-electron chi connectivity index (χ0n) is 20.3. The van der Waals surface area contributed by atoms with Crippen molar-refractivity contribution in [1.82, 2.24) is 20.4 Å². The highest BCUT2D eigenvalue weighted by Crippen LogP contribution is 2.30. The fourth-order valence-corrected chi connectivity index (χ4v) is 3.64. The van der Waals surface area contributed by atoms with Crippen molar-refractivity contribution in [3.8, 4) is 28.6 Å². The molecule has 9 nitrogen and oxygen atoms in total. The highest BCUT2D eigenvalue weighted by Gasteiger charge is 2.16. The van der Waals surface area contributed by atoms with Crippen LogP contribution in [-0.2, 0) is 11.3 Å². The number of aliphatic hydroxyl groups excluding tert-OH is 2. The Bertz CT molecular complexity index is 1120. The molecule has 34 heavy (non-hydrogen) atoms. The Hall–Kier alpha value is -3.27. The molecule has 0 radical (unpaired) electrons. The minimum atomic E-state index is -0.902. The predicted molar refractivity (Wildman–Crippen MR) is 128 cm³/mol. The largest absolute Gasteiger partial charge is 0.490 e. The number of ether oxygens (including phenoxy) is 1. The van der Waals surface area contributed by atoms with E-state index in [2.05, 4.69) is 39.4 Å². The molecule has 1 aromatic heterocycles. The van der Waals surface area contributed by atoms with Gasteiger partial charge in [0.2, 0.25) is 11.7 Å². The molecule has 0 bridgehead atoms. The highest BCUT2D eigenvalue weighted by molar-refractivity contribution is 5.76. The Kier molecular flexibility index (Phi) is 8.38. The summed E-state index contributed by atoms with van der Waals surface area (Å²) in [7, 11) is 4.08. The molecule has 0 saturated heterocycles. The summed E-state index contributed by atoms with van der Waals surface area (Å²) >= 11 is 0. The second-order valence-corrected chi connectivity index (χ2v) is 8.67. The topological polar surface area (TPSA) is 121 Å². The van der Waals surface area contributed by atoms with Crippen molar-refractivity contribution >= 4 is 5.91 Å². The van der Waals surface area contributed by atoms with Crippen LogP contribution >= 0.6 is 0 Å². The zero-order chi connectivity index (χ0) is 24.8. The lowest BCUT2D eigenvalue weighted by Crippen LogP contribution is -2.36. The fraction of sp³-hybridized carbons (Fsp3) is 0.400. The number of benzene rings is 2. The SMILES string of the molecule is Cc1cc(-c2nc(-c3cc(C)c(OCC(O)CNC(=O)CO)c(C)c3)no2)ccc1CN(C)C. The molecule has 3 rings (SSSR count). The third-order valence-electron chi connectivity index (χ3n) is 5.32. The Balaban J connectivity index is 1.72. The first kappa shape index (κ1) is 25.4. The van der Waals surface area contributed by atoms with Gasteiger partial charge >= 0.3 is 0 Å². The van der Waals surface area contributed by atoms with E-state index < -0.39 is 18.6 Å². The van der Waals surface area contributed by atoms with Crippen LogP contribution in [0.1, 0.15) is 22.3 Å². The van der Waals surface area contributed by atoms with E-state index in [0.29, 0.717) is 17.5 Å². The zero-order valence-corrected chi connectivity index (χ0v) is 20.3. The number of hydrogen-bond acceptors (Lipinski definition) is 8. The van der Waals surface area contributed by atoms with E-state index in [9.17, 15) is 9.90 Å². The Morgan fingerprint density at radius 3 is 2.41 bits per heavy atom. The smallest absolute Gasteiger partial charge is 0.258 e. The van der Waals surface area contributed by atoms with Crippen LogP contribution in [0.15, 0.2) is 34.9 Å².